The molecule has 1 aromatic heterocycles. The van der Waals surface area contributed by atoms with Crippen LogP contribution in [0.15, 0.2) is 42.5 Å². The lowest BCUT2D eigenvalue weighted by Gasteiger charge is -2.51. The molecule has 6 rings (SSSR count). The molecule has 0 amide bonds. The average molecular weight is 457 g/mol. The van der Waals surface area contributed by atoms with Crippen LogP contribution in [0.25, 0.3) is 22.2 Å². The van der Waals surface area contributed by atoms with Gasteiger partial charge in [-0.15, -0.1) is 0 Å². The van der Waals surface area contributed by atoms with Crippen LogP contribution in [0.2, 0.25) is 10.0 Å². The molecule has 4 heterocycles. The molecule has 3 aliphatic rings. The van der Waals surface area contributed by atoms with E-state index in [1.165, 1.54) is 12.8 Å². The number of benzene rings is 2. The number of nitrogens with zero attached hydrogens (tertiary/aromatic N) is 2. The van der Waals surface area contributed by atoms with Gasteiger partial charge in [-0.2, -0.15) is 0 Å². The zero-order valence-corrected chi connectivity index (χ0v) is 18.9. The Morgan fingerprint density at radius 1 is 1.13 bits per heavy atom. The van der Waals surface area contributed by atoms with Crippen molar-refractivity contribution < 1.29 is 10.2 Å². The predicted molar refractivity (Wildman–Crippen MR) is 126 cm³/mol. The van der Waals surface area contributed by atoms with Gasteiger partial charge < -0.3 is 10.2 Å². The maximum Gasteiger partial charge on any atom is 0.116 e. The first kappa shape index (κ1) is 21.0. The smallest absolute Gasteiger partial charge is 0.116 e. The molecule has 3 saturated heterocycles. The monoisotopic (exact) mass is 456 g/mol. The van der Waals surface area contributed by atoms with E-state index in [0.717, 1.165) is 53.2 Å². The second-order valence-corrected chi connectivity index (χ2v) is 9.70. The maximum atomic E-state index is 11.6. The van der Waals surface area contributed by atoms with E-state index >= 15 is 0 Å². The van der Waals surface area contributed by atoms with Gasteiger partial charge in [0.25, 0.3) is 0 Å². The first-order valence-electron chi connectivity index (χ1n) is 11.0. The minimum absolute atomic E-state index is 0.0798. The van der Waals surface area contributed by atoms with E-state index < -0.39 is 6.10 Å². The number of fused-ring (bicyclic) bond motifs is 4. The quantitative estimate of drug-likeness (QED) is 0.500. The summed E-state index contributed by atoms with van der Waals surface area (Å²) in [7, 11) is 0. The predicted octanol–water partition coefficient (Wildman–Crippen LogP) is 6.07. The summed E-state index contributed by atoms with van der Waals surface area (Å²) in [6.07, 6.45) is 2.75. The third-order valence-electron chi connectivity index (χ3n) is 7.18. The highest BCUT2D eigenvalue weighted by atomic mass is 35.5. The molecule has 2 unspecified atom stereocenters. The Balaban J connectivity index is 1.60. The Morgan fingerprint density at radius 3 is 2.68 bits per heavy atom. The summed E-state index contributed by atoms with van der Waals surface area (Å²) in [6.45, 7) is 4.36. The van der Waals surface area contributed by atoms with E-state index in [9.17, 15) is 10.2 Å². The molecule has 2 aromatic carbocycles. The number of hydrogen-bond donors (Lipinski definition) is 2. The van der Waals surface area contributed by atoms with Crippen molar-refractivity contribution in [3.63, 3.8) is 0 Å². The molecule has 3 aromatic rings. The molecule has 0 aliphatic carbocycles. The van der Waals surface area contributed by atoms with Crippen LogP contribution in [0.3, 0.4) is 0 Å². The molecule has 0 radical (unpaired) electrons. The molecule has 6 heteroatoms. The number of aromatic nitrogens is 1. The van der Waals surface area contributed by atoms with Crippen LogP contribution in [0.4, 0.5) is 0 Å². The van der Waals surface area contributed by atoms with Gasteiger partial charge in [0.15, 0.2) is 0 Å². The van der Waals surface area contributed by atoms with Crippen molar-refractivity contribution in [2.45, 2.75) is 38.3 Å². The van der Waals surface area contributed by atoms with Gasteiger partial charge in [0.05, 0.1) is 27.4 Å². The molecule has 2 N–H and O–H groups in total. The number of piperidine rings is 3. The molecule has 4 nitrogen and oxygen atoms in total. The fraction of sp³-hybridized carbons (Fsp3) is 0.400. The van der Waals surface area contributed by atoms with Crippen LogP contribution in [0.5, 0.6) is 5.75 Å². The zero-order chi connectivity index (χ0) is 21.7. The number of aliphatic hydroxyl groups excluding tert-OH is 1. The standard InChI is InChI=1S/C25H26Cl2N2O2/c1-2-14-13-29-8-7-15(14)10-24(29)25(31)19-12-23(16-3-5-20(26)21(27)9-16)28-22-6-4-17(30)11-18(19)22/h3-6,9,11-12,14-15,24-25,30-31H,2,7-8,10,13H2,1H3/t14-,15+,24?,25+/m0/s1. The molecular formula is C25H26Cl2N2O2. The molecule has 0 saturated carbocycles. The Hall–Kier alpha value is -1.85. The van der Waals surface area contributed by atoms with E-state index in [4.69, 9.17) is 28.2 Å². The molecule has 2 bridgehead atoms. The molecule has 5 atom stereocenters. The number of aromatic hydroxyl groups is 1. The Morgan fingerprint density at radius 2 is 1.97 bits per heavy atom. The number of rotatable bonds is 4. The SMILES string of the molecule is CC[C@H]1CN2CC[C@@H]1CC2[C@H](O)c1cc(-c2ccc(Cl)c(Cl)c2)nc2ccc(O)cc12. The third-order valence-corrected chi connectivity index (χ3v) is 7.92. The Bertz CT molecular complexity index is 1140. The van der Waals surface area contributed by atoms with Gasteiger partial charge >= 0.3 is 0 Å². The lowest BCUT2D eigenvalue weighted by molar-refractivity contribution is -0.0562. The van der Waals surface area contributed by atoms with Crippen molar-refractivity contribution in [2.75, 3.05) is 13.1 Å². The van der Waals surface area contributed by atoms with E-state index in [2.05, 4.69) is 11.8 Å². The fourth-order valence-corrected chi connectivity index (χ4v) is 5.76. The van der Waals surface area contributed by atoms with Crippen LogP contribution in [0.1, 0.15) is 37.9 Å². The number of halogens is 2. The van der Waals surface area contributed by atoms with E-state index in [1.54, 1.807) is 30.3 Å². The van der Waals surface area contributed by atoms with Gasteiger partial charge in [-0.3, -0.25) is 4.90 Å². The number of pyridine rings is 1. The third kappa shape index (κ3) is 3.80. The number of hydrogen-bond acceptors (Lipinski definition) is 4. The van der Waals surface area contributed by atoms with Crippen LogP contribution >= 0.6 is 23.2 Å². The molecule has 3 aliphatic heterocycles. The maximum absolute atomic E-state index is 11.6. The Labute approximate surface area is 192 Å². The first-order chi connectivity index (χ1) is 14.9. The Kier molecular flexibility index (Phi) is 5.59. The summed E-state index contributed by atoms with van der Waals surface area (Å²) in [5.41, 5.74) is 3.10. The molecule has 3 fully saturated rings. The molecular weight excluding hydrogens is 431 g/mol. The van der Waals surface area contributed by atoms with E-state index in [-0.39, 0.29) is 11.8 Å². The van der Waals surface area contributed by atoms with Crippen molar-refractivity contribution in [3.8, 4) is 17.0 Å². The first-order valence-corrected chi connectivity index (χ1v) is 11.7. The average Bonchev–Trinajstić information content (AvgIpc) is 2.79. The zero-order valence-electron chi connectivity index (χ0n) is 17.4. The highest BCUT2D eigenvalue weighted by molar-refractivity contribution is 6.42. The van der Waals surface area contributed by atoms with Gasteiger partial charge in [0.2, 0.25) is 0 Å². The van der Waals surface area contributed by atoms with Gasteiger partial charge in [-0.1, -0.05) is 42.6 Å². The summed E-state index contributed by atoms with van der Waals surface area (Å²) in [4.78, 5) is 7.23. The van der Waals surface area contributed by atoms with Crippen LogP contribution < -0.4 is 0 Å². The van der Waals surface area contributed by atoms with Gasteiger partial charge in [-0.05, 0) is 73.2 Å². The normalized spacial score (nSPS) is 26.3. The highest BCUT2D eigenvalue weighted by Gasteiger charge is 2.42. The second-order valence-electron chi connectivity index (χ2n) is 8.89. The van der Waals surface area contributed by atoms with Crippen LogP contribution in [0, 0.1) is 11.8 Å². The largest absolute Gasteiger partial charge is 0.508 e. The van der Waals surface area contributed by atoms with E-state index in [0.29, 0.717) is 16.0 Å². The van der Waals surface area contributed by atoms with Crippen molar-refractivity contribution in [1.29, 1.82) is 0 Å². The fourth-order valence-electron chi connectivity index (χ4n) is 5.47. The molecule has 31 heavy (non-hydrogen) atoms. The summed E-state index contributed by atoms with van der Waals surface area (Å²) in [5.74, 6) is 1.56. The van der Waals surface area contributed by atoms with Crippen LogP contribution in [-0.4, -0.2) is 39.2 Å². The topological polar surface area (TPSA) is 56.6 Å². The molecule has 162 valence electrons. The summed E-state index contributed by atoms with van der Waals surface area (Å²) in [5, 5.41) is 23.5. The van der Waals surface area contributed by atoms with Gasteiger partial charge in [0.1, 0.15) is 5.75 Å². The lowest BCUT2D eigenvalue weighted by atomic mass is 9.72. The van der Waals surface area contributed by atoms with Crippen LogP contribution in [-0.2, 0) is 0 Å². The van der Waals surface area contributed by atoms with Crippen molar-refractivity contribution in [2.24, 2.45) is 11.8 Å². The van der Waals surface area contributed by atoms with Crippen molar-refractivity contribution in [3.05, 3.63) is 58.1 Å². The van der Waals surface area contributed by atoms with Gasteiger partial charge in [-0.25, -0.2) is 4.98 Å². The highest BCUT2D eigenvalue weighted by Crippen LogP contribution is 2.43. The second kappa shape index (κ2) is 8.25. The number of aliphatic hydroxyl groups is 1. The number of phenols is 1. The van der Waals surface area contributed by atoms with E-state index in [1.807, 2.05) is 12.1 Å². The number of phenolic OH excluding ortho intramolecular Hbond substituents is 1. The van der Waals surface area contributed by atoms with Gasteiger partial charge in [0, 0.05) is 23.5 Å². The minimum Gasteiger partial charge on any atom is -0.508 e. The minimum atomic E-state index is -0.658. The summed E-state index contributed by atoms with van der Waals surface area (Å²) < 4.78 is 0. The van der Waals surface area contributed by atoms with Crippen molar-refractivity contribution in [1.82, 2.24) is 9.88 Å². The lowest BCUT2D eigenvalue weighted by Crippen LogP contribution is -2.55. The summed E-state index contributed by atoms with van der Waals surface area (Å²) in [6, 6.07) is 12.6. The van der Waals surface area contributed by atoms with Crippen molar-refractivity contribution >= 4 is 34.1 Å². The molecule has 0 spiro atoms. The summed E-state index contributed by atoms with van der Waals surface area (Å²) >= 11 is 12.3.